The minimum Gasteiger partial charge on any atom is -0.326 e. The second-order valence-corrected chi connectivity index (χ2v) is 6.86. The maximum Gasteiger partial charge on any atom is 0.233 e. The fourth-order valence-corrected chi connectivity index (χ4v) is 5.93. The summed E-state index contributed by atoms with van der Waals surface area (Å²) in [6.45, 7) is 2.38. The Morgan fingerprint density at radius 3 is 3.00 bits per heavy atom. The van der Waals surface area contributed by atoms with Crippen LogP contribution in [0.1, 0.15) is 17.3 Å². The molecule has 76 valence electrons. The third-order valence-corrected chi connectivity index (χ3v) is 6.36. The van der Waals surface area contributed by atoms with Crippen molar-refractivity contribution in [3.63, 3.8) is 0 Å². The number of hydrogen-bond donors (Lipinski definition) is 0. The molecule has 0 saturated heterocycles. The summed E-state index contributed by atoms with van der Waals surface area (Å²) in [4.78, 5) is 0.177. The van der Waals surface area contributed by atoms with E-state index in [1.807, 2.05) is 31.2 Å². The zero-order valence-electron chi connectivity index (χ0n) is 7.94. The van der Waals surface area contributed by atoms with Gasteiger partial charge in [0.2, 0.25) is 7.37 Å². The number of benzene rings is 1. The highest BCUT2D eigenvalue weighted by Crippen LogP contribution is 2.57. The summed E-state index contributed by atoms with van der Waals surface area (Å²) in [5.41, 5.74) is 1.12. The van der Waals surface area contributed by atoms with Gasteiger partial charge in [-0.05, 0) is 18.6 Å². The van der Waals surface area contributed by atoms with Gasteiger partial charge < -0.3 is 4.52 Å². The molecule has 2 atom stereocenters. The minimum absolute atomic E-state index is 0.177. The van der Waals surface area contributed by atoms with Crippen LogP contribution in [0.15, 0.2) is 24.3 Å². The minimum atomic E-state index is -2.56. The number of halogens is 1. The number of fused-ring (bicyclic) bond motifs is 1. The van der Waals surface area contributed by atoms with Crippen LogP contribution in [0.4, 0.5) is 0 Å². The van der Waals surface area contributed by atoms with Crippen molar-refractivity contribution in [1.82, 2.24) is 0 Å². The SMILES string of the molecule is CCOP1(=O)CC(Br)c2ccccc21. The van der Waals surface area contributed by atoms with Crippen molar-refractivity contribution in [2.75, 3.05) is 12.8 Å². The highest BCUT2D eigenvalue weighted by molar-refractivity contribution is 9.09. The lowest BCUT2D eigenvalue weighted by atomic mass is 10.2. The Bertz CT molecular complexity index is 391. The Balaban J connectivity index is 2.48. The van der Waals surface area contributed by atoms with Crippen LogP contribution in [0.25, 0.3) is 0 Å². The summed E-state index contributed by atoms with van der Waals surface area (Å²) in [5, 5.41) is 0.892. The molecule has 0 aromatic heterocycles. The first-order chi connectivity index (χ1) is 6.67. The van der Waals surface area contributed by atoms with Crippen LogP contribution in [-0.2, 0) is 9.09 Å². The predicted molar refractivity (Wildman–Crippen MR) is 61.8 cm³/mol. The van der Waals surface area contributed by atoms with E-state index in [0.717, 1.165) is 10.9 Å². The van der Waals surface area contributed by atoms with Gasteiger partial charge in [0.15, 0.2) is 0 Å². The molecular formula is C10H12BrO2P. The van der Waals surface area contributed by atoms with E-state index in [1.165, 1.54) is 0 Å². The molecule has 1 aliphatic rings. The Labute approximate surface area is 92.2 Å². The summed E-state index contributed by atoms with van der Waals surface area (Å²) >= 11 is 3.53. The van der Waals surface area contributed by atoms with Crippen LogP contribution in [0.3, 0.4) is 0 Å². The summed E-state index contributed by atoms with van der Waals surface area (Å²) < 4.78 is 17.8. The van der Waals surface area contributed by atoms with Crippen LogP contribution in [0.2, 0.25) is 0 Å². The second kappa shape index (κ2) is 3.80. The normalized spacial score (nSPS) is 30.3. The van der Waals surface area contributed by atoms with Crippen molar-refractivity contribution in [2.45, 2.75) is 11.8 Å². The molecule has 4 heteroatoms. The van der Waals surface area contributed by atoms with Crippen LogP contribution >= 0.6 is 23.3 Å². The van der Waals surface area contributed by atoms with Crippen molar-refractivity contribution >= 4 is 28.6 Å². The maximum absolute atomic E-state index is 12.4. The monoisotopic (exact) mass is 274 g/mol. The topological polar surface area (TPSA) is 26.3 Å². The Morgan fingerprint density at radius 1 is 1.57 bits per heavy atom. The van der Waals surface area contributed by atoms with Gasteiger partial charge in [-0.2, -0.15) is 0 Å². The fraction of sp³-hybridized carbons (Fsp3) is 0.400. The van der Waals surface area contributed by atoms with Gasteiger partial charge in [0.25, 0.3) is 0 Å². The van der Waals surface area contributed by atoms with Crippen molar-refractivity contribution in [3.05, 3.63) is 29.8 Å². The number of hydrogen-bond acceptors (Lipinski definition) is 2. The largest absolute Gasteiger partial charge is 0.326 e. The lowest BCUT2D eigenvalue weighted by Crippen LogP contribution is -2.05. The van der Waals surface area contributed by atoms with Gasteiger partial charge in [0.1, 0.15) is 0 Å². The summed E-state index contributed by atoms with van der Waals surface area (Å²) in [7, 11) is -2.56. The van der Waals surface area contributed by atoms with E-state index in [9.17, 15) is 4.57 Å². The van der Waals surface area contributed by atoms with Crippen molar-refractivity contribution in [3.8, 4) is 0 Å². The van der Waals surface area contributed by atoms with E-state index in [0.29, 0.717) is 12.8 Å². The third kappa shape index (κ3) is 1.58. The Morgan fingerprint density at radius 2 is 2.29 bits per heavy atom. The average molecular weight is 275 g/mol. The molecular weight excluding hydrogens is 263 g/mol. The molecule has 0 bridgehead atoms. The molecule has 2 nitrogen and oxygen atoms in total. The zero-order valence-corrected chi connectivity index (χ0v) is 10.4. The maximum atomic E-state index is 12.4. The van der Waals surface area contributed by atoms with E-state index < -0.39 is 7.37 Å². The second-order valence-electron chi connectivity index (χ2n) is 3.30. The lowest BCUT2D eigenvalue weighted by Gasteiger charge is -2.11. The van der Waals surface area contributed by atoms with Gasteiger partial charge in [-0.3, -0.25) is 4.57 Å². The van der Waals surface area contributed by atoms with Gasteiger partial charge in [-0.1, -0.05) is 34.1 Å². The number of alkyl halides is 1. The number of rotatable bonds is 2. The van der Waals surface area contributed by atoms with E-state index in [4.69, 9.17) is 4.52 Å². The molecule has 0 radical (unpaired) electrons. The standard InChI is InChI=1S/C10H12BrO2P/c1-2-13-14(12)7-9(11)8-5-3-4-6-10(8)14/h3-6,9H,2,7H2,1H3. The first-order valence-electron chi connectivity index (χ1n) is 4.64. The molecule has 1 heterocycles. The summed E-state index contributed by atoms with van der Waals surface area (Å²) in [6, 6.07) is 7.80. The Hall–Kier alpha value is -0.110. The van der Waals surface area contributed by atoms with Crippen LogP contribution < -0.4 is 5.30 Å². The molecule has 0 amide bonds. The molecule has 2 unspecified atom stereocenters. The van der Waals surface area contributed by atoms with Gasteiger partial charge in [-0.15, -0.1) is 0 Å². The van der Waals surface area contributed by atoms with Crippen LogP contribution in [-0.4, -0.2) is 12.8 Å². The van der Waals surface area contributed by atoms with Crippen LogP contribution in [0.5, 0.6) is 0 Å². The first-order valence-corrected chi connectivity index (χ1v) is 7.37. The molecule has 0 fully saturated rings. The first kappa shape index (κ1) is 10.4. The van der Waals surface area contributed by atoms with Gasteiger partial charge >= 0.3 is 0 Å². The van der Waals surface area contributed by atoms with Crippen molar-refractivity contribution in [2.24, 2.45) is 0 Å². The molecule has 14 heavy (non-hydrogen) atoms. The molecule has 0 spiro atoms. The smallest absolute Gasteiger partial charge is 0.233 e. The molecule has 0 aliphatic carbocycles. The summed E-state index contributed by atoms with van der Waals surface area (Å²) in [6.07, 6.45) is 0.584. The lowest BCUT2D eigenvalue weighted by molar-refractivity contribution is 0.342. The predicted octanol–water partition coefficient (Wildman–Crippen LogP) is 3.08. The van der Waals surface area contributed by atoms with Crippen molar-refractivity contribution in [1.29, 1.82) is 0 Å². The van der Waals surface area contributed by atoms with Gasteiger partial charge in [0, 0.05) is 16.3 Å². The highest BCUT2D eigenvalue weighted by Gasteiger charge is 2.39. The third-order valence-electron chi connectivity index (χ3n) is 2.38. The van der Waals surface area contributed by atoms with E-state index in [1.54, 1.807) is 0 Å². The van der Waals surface area contributed by atoms with E-state index >= 15 is 0 Å². The molecule has 1 aromatic carbocycles. The molecule has 1 aliphatic heterocycles. The van der Waals surface area contributed by atoms with E-state index in [-0.39, 0.29) is 4.83 Å². The molecule has 2 rings (SSSR count). The van der Waals surface area contributed by atoms with Crippen molar-refractivity contribution < 1.29 is 9.09 Å². The fourth-order valence-electron chi connectivity index (χ4n) is 1.80. The quantitative estimate of drug-likeness (QED) is 0.612. The van der Waals surface area contributed by atoms with E-state index in [2.05, 4.69) is 15.9 Å². The Kier molecular flexibility index (Phi) is 2.83. The van der Waals surface area contributed by atoms with Crippen LogP contribution in [0, 0.1) is 0 Å². The van der Waals surface area contributed by atoms with Gasteiger partial charge in [0.05, 0.1) is 6.61 Å². The average Bonchev–Trinajstić information content (AvgIpc) is 2.41. The highest BCUT2D eigenvalue weighted by atomic mass is 79.9. The van der Waals surface area contributed by atoms with Gasteiger partial charge in [-0.25, -0.2) is 0 Å². The molecule has 1 aromatic rings. The molecule has 0 N–H and O–H groups in total. The summed E-state index contributed by atoms with van der Waals surface area (Å²) in [5.74, 6) is 0. The zero-order chi connectivity index (χ0) is 10.2. The molecule has 0 saturated carbocycles.